The lowest BCUT2D eigenvalue weighted by molar-refractivity contribution is -0.145. The van der Waals surface area contributed by atoms with Crippen molar-refractivity contribution in [2.24, 2.45) is 0 Å². The number of carbonyl (C=O) groups is 2. The number of halogens is 1. The van der Waals surface area contributed by atoms with Crippen molar-refractivity contribution in [3.05, 3.63) is 82.4 Å². The van der Waals surface area contributed by atoms with Crippen LogP contribution in [0.25, 0.3) is 11.0 Å². The minimum atomic E-state index is -1.39. The van der Waals surface area contributed by atoms with E-state index in [0.29, 0.717) is 5.75 Å². The van der Waals surface area contributed by atoms with E-state index in [1.165, 1.54) is 13.0 Å². The van der Waals surface area contributed by atoms with Crippen LogP contribution in [0.1, 0.15) is 34.5 Å². The molecule has 0 radical (unpaired) electrons. The zero-order valence-electron chi connectivity index (χ0n) is 16.8. The van der Waals surface area contributed by atoms with Crippen LogP contribution in [-0.4, -0.2) is 25.6 Å². The molecule has 0 aliphatic rings. The average Bonchev–Trinajstić information content (AvgIpc) is 3.24. The number of benzene rings is 3. The number of hydrogen-bond donors (Lipinski definition) is 1. The minimum Gasteiger partial charge on any atom is -0.489 e. The second-order valence-electron chi connectivity index (χ2n) is 6.95. The molecule has 4 aromatic rings. The van der Waals surface area contributed by atoms with Crippen molar-refractivity contribution in [1.82, 2.24) is 8.75 Å². The highest BCUT2D eigenvalue weighted by atomic mass is 35.5. The topological polar surface area (TPSA) is 98.6 Å². The Hall–Kier alpha value is -3.49. The predicted octanol–water partition coefficient (Wildman–Crippen LogP) is 5.33. The van der Waals surface area contributed by atoms with E-state index in [0.717, 1.165) is 28.3 Å². The fourth-order valence-corrected chi connectivity index (χ4v) is 3.88. The number of carboxylic acids is 1. The van der Waals surface area contributed by atoms with Gasteiger partial charge in [0.1, 0.15) is 29.1 Å². The van der Waals surface area contributed by atoms with Crippen LogP contribution in [0.4, 0.5) is 0 Å². The molecule has 0 aliphatic heterocycles. The molecule has 3 aromatic carbocycles. The summed E-state index contributed by atoms with van der Waals surface area (Å²) in [6.45, 7) is 1.63. The Kier molecular flexibility index (Phi) is 6.34. The Balaban J connectivity index is 1.60. The normalized spacial score (nSPS) is 11.8. The molecule has 1 aromatic heterocycles. The minimum absolute atomic E-state index is 0.0986. The molecule has 1 atom stereocenters. The van der Waals surface area contributed by atoms with Gasteiger partial charge >= 0.3 is 5.97 Å². The molecule has 162 valence electrons. The summed E-state index contributed by atoms with van der Waals surface area (Å²) in [5.74, 6) is -0.980. The number of hydrogen-bond acceptors (Lipinski definition) is 7. The van der Waals surface area contributed by atoms with E-state index >= 15 is 0 Å². The van der Waals surface area contributed by atoms with Crippen LogP contribution in [0.15, 0.2) is 60.7 Å². The van der Waals surface area contributed by atoms with Gasteiger partial charge in [-0.05, 0) is 42.8 Å². The molecule has 4 rings (SSSR count). The first-order chi connectivity index (χ1) is 15.4. The van der Waals surface area contributed by atoms with Crippen molar-refractivity contribution in [2.45, 2.75) is 19.6 Å². The lowest BCUT2D eigenvalue weighted by Gasteiger charge is -2.19. The second-order valence-corrected chi connectivity index (χ2v) is 7.88. The molecule has 1 heterocycles. The molecule has 32 heavy (non-hydrogen) atoms. The van der Waals surface area contributed by atoms with E-state index in [1.54, 1.807) is 36.4 Å². The molecule has 9 heteroatoms. The summed E-state index contributed by atoms with van der Waals surface area (Å²) in [4.78, 5) is 24.0. The van der Waals surface area contributed by atoms with Gasteiger partial charge in [-0.3, -0.25) is 4.79 Å². The molecule has 0 fully saturated rings. The van der Waals surface area contributed by atoms with Crippen LogP contribution in [0, 0.1) is 0 Å². The van der Waals surface area contributed by atoms with Crippen molar-refractivity contribution >= 4 is 46.1 Å². The summed E-state index contributed by atoms with van der Waals surface area (Å²) >= 11 is 7.31. The van der Waals surface area contributed by atoms with Crippen LogP contribution in [0.2, 0.25) is 5.02 Å². The average molecular weight is 469 g/mol. The molecule has 0 aliphatic carbocycles. The quantitative estimate of drug-likeness (QED) is 0.349. The van der Waals surface area contributed by atoms with Crippen molar-refractivity contribution in [2.75, 3.05) is 0 Å². The Morgan fingerprint density at radius 3 is 2.59 bits per heavy atom. The van der Waals surface area contributed by atoms with Crippen LogP contribution < -0.4 is 9.47 Å². The number of Topliss-reactive ketones (excluding diaryl/α,β-unsaturated/α-hetero) is 1. The van der Waals surface area contributed by atoms with E-state index < -0.39 is 12.1 Å². The molecular formula is C23H17ClN2O5S. The zero-order valence-corrected chi connectivity index (χ0v) is 18.4. The van der Waals surface area contributed by atoms with Gasteiger partial charge in [0.15, 0.2) is 5.78 Å². The lowest BCUT2D eigenvalue weighted by Crippen LogP contribution is -2.19. The standard InChI is InChI=1S/C23H17ClN2O5S/c1-13(27)16-8-7-15(30-12-14-6-9-19-20(10-14)26-32-25-19)11-21(16)31-22(23(28)29)17-4-2-3-5-18(17)24/h2-11,22H,12H2,1H3,(H,28,29). The lowest BCUT2D eigenvalue weighted by atomic mass is 10.1. The van der Waals surface area contributed by atoms with Crippen molar-refractivity contribution < 1.29 is 24.2 Å². The first kappa shape index (κ1) is 21.7. The SMILES string of the molecule is CC(=O)c1ccc(OCc2ccc3nsnc3c2)cc1OC(C(=O)O)c1ccccc1Cl. The van der Waals surface area contributed by atoms with Crippen LogP contribution >= 0.6 is 23.3 Å². The maximum Gasteiger partial charge on any atom is 0.349 e. The monoisotopic (exact) mass is 468 g/mol. The van der Waals surface area contributed by atoms with Gasteiger partial charge in [0.2, 0.25) is 6.10 Å². The van der Waals surface area contributed by atoms with Gasteiger partial charge in [0, 0.05) is 16.7 Å². The van der Waals surface area contributed by atoms with Crippen LogP contribution in [-0.2, 0) is 11.4 Å². The first-order valence-corrected chi connectivity index (χ1v) is 10.7. The number of nitrogens with zero attached hydrogens (tertiary/aromatic N) is 2. The van der Waals surface area contributed by atoms with Gasteiger partial charge in [0.25, 0.3) is 0 Å². The molecule has 0 saturated heterocycles. The number of rotatable bonds is 8. The van der Waals surface area contributed by atoms with Gasteiger partial charge in [0.05, 0.1) is 17.3 Å². The Bertz CT molecular complexity index is 1310. The fraction of sp³-hybridized carbons (Fsp3) is 0.130. The summed E-state index contributed by atoms with van der Waals surface area (Å²) in [7, 11) is 0. The third-order valence-corrected chi connectivity index (χ3v) is 5.61. The molecule has 7 nitrogen and oxygen atoms in total. The molecule has 0 spiro atoms. The highest BCUT2D eigenvalue weighted by Crippen LogP contribution is 2.33. The summed E-state index contributed by atoms with van der Waals surface area (Å²) in [6.07, 6.45) is -1.39. The molecule has 0 amide bonds. The van der Waals surface area contributed by atoms with E-state index in [1.807, 2.05) is 18.2 Å². The van der Waals surface area contributed by atoms with Gasteiger partial charge in [-0.15, -0.1) is 0 Å². The van der Waals surface area contributed by atoms with Crippen LogP contribution in [0.3, 0.4) is 0 Å². The first-order valence-electron chi connectivity index (χ1n) is 9.55. The number of carbonyl (C=O) groups excluding carboxylic acids is 1. The third-order valence-electron chi connectivity index (χ3n) is 4.71. The van der Waals surface area contributed by atoms with Gasteiger partial charge in [-0.1, -0.05) is 35.9 Å². The number of ether oxygens (including phenoxy) is 2. The third kappa shape index (κ3) is 4.71. The number of fused-ring (bicyclic) bond motifs is 1. The smallest absolute Gasteiger partial charge is 0.349 e. The fourth-order valence-electron chi connectivity index (χ4n) is 3.13. The number of aliphatic carboxylic acids is 1. The summed E-state index contributed by atoms with van der Waals surface area (Å²) in [5.41, 5.74) is 3.02. The Morgan fingerprint density at radius 2 is 1.84 bits per heavy atom. The van der Waals surface area contributed by atoms with Gasteiger partial charge in [-0.25, -0.2) is 4.79 Å². The largest absolute Gasteiger partial charge is 0.489 e. The molecule has 0 bridgehead atoms. The maximum atomic E-state index is 12.1. The zero-order chi connectivity index (χ0) is 22.7. The maximum absolute atomic E-state index is 12.1. The highest BCUT2D eigenvalue weighted by Gasteiger charge is 2.26. The van der Waals surface area contributed by atoms with Crippen LogP contribution in [0.5, 0.6) is 11.5 Å². The summed E-state index contributed by atoms with van der Waals surface area (Å²) in [5, 5.41) is 9.98. The number of carboxylic acid groups (broad SMARTS) is 1. The van der Waals surface area contributed by atoms with Gasteiger partial charge < -0.3 is 14.6 Å². The Morgan fingerprint density at radius 1 is 1.06 bits per heavy atom. The van der Waals surface area contributed by atoms with E-state index in [4.69, 9.17) is 21.1 Å². The van der Waals surface area contributed by atoms with Crippen molar-refractivity contribution in [1.29, 1.82) is 0 Å². The Labute approximate surface area is 192 Å². The molecule has 0 saturated carbocycles. The molecular weight excluding hydrogens is 452 g/mol. The number of aromatic nitrogens is 2. The van der Waals surface area contributed by atoms with Crippen molar-refractivity contribution in [3.8, 4) is 11.5 Å². The summed E-state index contributed by atoms with van der Waals surface area (Å²) < 4.78 is 20.0. The summed E-state index contributed by atoms with van der Waals surface area (Å²) in [6, 6.07) is 16.8. The predicted molar refractivity (Wildman–Crippen MR) is 121 cm³/mol. The highest BCUT2D eigenvalue weighted by molar-refractivity contribution is 7.00. The molecule has 1 unspecified atom stereocenters. The number of ketones is 1. The molecule has 1 N–H and O–H groups in total. The van der Waals surface area contributed by atoms with E-state index in [-0.39, 0.29) is 34.3 Å². The van der Waals surface area contributed by atoms with E-state index in [9.17, 15) is 14.7 Å². The van der Waals surface area contributed by atoms with Gasteiger partial charge in [-0.2, -0.15) is 8.75 Å². The van der Waals surface area contributed by atoms with Crippen molar-refractivity contribution in [3.63, 3.8) is 0 Å². The van der Waals surface area contributed by atoms with E-state index in [2.05, 4.69) is 8.75 Å². The second kappa shape index (κ2) is 9.33.